The SMILES string of the molecule is CC(C)C1CCCCC1NCc1ccc([N+](=O)[O-])cc1. The van der Waals surface area contributed by atoms with Crippen molar-refractivity contribution in [1.82, 2.24) is 5.32 Å². The number of hydrogen-bond donors (Lipinski definition) is 1. The molecular weight excluding hydrogens is 252 g/mol. The number of nitrogens with one attached hydrogen (secondary N) is 1. The van der Waals surface area contributed by atoms with Gasteiger partial charge in [0.2, 0.25) is 0 Å². The van der Waals surface area contributed by atoms with Gasteiger partial charge in [-0.1, -0.05) is 38.8 Å². The molecule has 4 heteroatoms. The summed E-state index contributed by atoms with van der Waals surface area (Å²) in [5, 5.41) is 14.3. The monoisotopic (exact) mass is 276 g/mol. The Bertz CT molecular complexity index is 442. The second-order valence-corrected chi connectivity index (χ2v) is 6.10. The third kappa shape index (κ3) is 3.79. The van der Waals surface area contributed by atoms with E-state index in [1.54, 1.807) is 12.1 Å². The Balaban J connectivity index is 1.91. The first kappa shape index (κ1) is 15.0. The predicted octanol–water partition coefficient (Wildman–Crippen LogP) is 3.90. The number of nitro benzene ring substituents is 1. The summed E-state index contributed by atoms with van der Waals surface area (Å²) in [6.07, 6.45) is 5.21. The first-order valence-electron chi connectivity index (χ1n) is 7.54. The molecule has 0 radical (unpaired) electrons. The Labute approximate surface area is 120 Å². The molecule has 2 rings (SSSR count). The molecule has 1 N–H and O–H groups in total. The van der Waals surface area contributed by atoms with E-state index < -0.39 is 0 Å². The fourth-order valence-corrected chi connectivity index (χ4v) is 3.20. The predicted molar refractivity (Wildman–Crippen MR) is 80.5 cm³/mol. The molecule has 0 aliphatic heterocycles. The highest BCUT2D eigenvalue weighted by atomic mass is 16.6. The van der Waals surface area contributed by atoms with Gasteiger partial charge in [0, 0.05) is 24.7 Å². The van der Waals surface area contributed by atoms with Gasteiger partial charge in [-0.05, 0) is 30.2 Å². The maximum atomic E-state index is 10.6. The minimum Gasteiger partial charge on any atom is -0.310 e. The Kier molecular flexibility index (Phi) is 5.12. The van der Waals surface area contributed by atoms with Gasteiger partial charge in [-0.25, -0.2) is 0 Å². The van der Waals surface area contributed by atoms with Crippen LogP contribution in [0.1, 0.15) is 45.1 Å². The average molecular weight is 276 g/mol. The van der Waals surface area contributed by atoms with Crippen LogP contribution in [0.5, 0.6) is 0 Å². The molecule has 2 unspecified atom stereocenters. The van der Waals surface area contributed by atoms with Crippen LogP contribution in [0.3, 0.4) is 0 Å². The third-order valence-electron chi connectivity index (χ3n) is 4.39. The quantitative estimate of drug-likeness (QED) is 0.655. The van der Waals surface area contributed by atoms with Crippen molar-refractivity contribution in [2.45, 2.75) is 52.1 Å². The summed E-state index contributed by atoms with van der Waals surface area (Å²) in [7, 11) is 0. The smallest absolute Gasteiger partial charge is 0.269 e. The van der Waals surface area contributed by atoms with Crippen LogP contribution < -0.4 is 5.32 Å². The molecule has 1 aliphatic rings. The van der Waals surface area contributed by atoms with Crippen molar-refractivity contribution in [3.05, 3.63) is 39.9 Å². The number of rotatable bonds is 5. The zero-order valence-corrected chi connectivity index (χ0v) is 12.3. The lowest BCUT2D eigenvalue weighted by Crippen LogP contribution is -2.40. The van der Waals surface area contributed by atoms with E-state index in [4.69, 9.17) is 0 Å². The minimum absolute atomic E-state index is 0.159. The standard InChI is InChI=1S/C16H24N2O2/c1-12(2)15-5-3-4-6-16(15)17-11-13-7-9-14(10-8-13)18(19)20/h7-10,12,15-17H,3-6,11H2,1-2H3. The van der Waals surface area contributed by atoms with E-state index in [2.05, 4.69) is 19.2 Å². The van der Waals surface area contributed by atoms with Crippen molar-refractivity contribution in [1.29, 1.82) is 0 Å². The Morgan fingerprint density at radius 2 is 1.90 bits per heavy atom. The van der Waals surface area contributed by atoms with Gasteiger partial charge in [0.15, 0.2) is 0 Å². The van der Waals surface area contributed by atoms with Crippen LogP contribution in [0.15, 0.2) is 24.3 Å². The summed E-state index contributed by atoms with van der Waals surface area (Å²) in [6.45, 7) is 5.40. The molecule has 0 amide bonds. The molecule has 20 heavy (non-hydrogen) atoms. The van der Waals surface area contributed by atoms with Crippen molar-refractivity contribution in [2.24, 2.45) is 11.8 Å². The lowest BCUT2D eigenvalue weighted by molar-refractivity contribution is -0.384. The maximum Gasteiger partial charge on any atom is 0.269 e. The lowest BCUT2D eigenvalue weighted by Gasteiger charge is -2.35. The van der Waals surface area contributed by atoms with Crippen molar-refractivity contribution in [3.8, 4) is 0 Å². The summed E-state index contributed by atoms with van der Waals surface area (Å²) < 4.78 is 0. The van der Waals surface area contributed by atoms with Crippen molar-refractivity contribution < 1.29 is 4.92 Å². The van der Waals surface area contributed by atoms with Crippen LogP contribution in [0.2, 0.25) is 0 Å². The number of benzene rings is 1. The van der Waals surface area contributed by atoms with Gasteiger partial charge in [0.25, 0.3) is 5.69 Å². The molecule has 0 saturated heterocycles. The molecule has 1 saturated carbocycles. The van der Waals surface area contributed by atoms with Crippen molar-refractivity contribution in [2.75, 3.05) is 0 Å². The molecule has 0 aromatic heterocycles. The topological polar surface area (TPSA) is 55.2 Å². The molecule has 2 atom stereocenters. The Morgan fingerprint density at radius 1 is 1.25 bits per heavy atom. The minimum atomic E-state index is -0.354. The molecule has 0 bridgehead atoms. The van der Waals surface area contributed by atoms with E-state index in [-0.39, 0.29) is 10.6 Å². The Morgan fingerprint density at radius 3 is 2.50 bits per heavy atom. The summed E-state index contributed by atoms with van der Waals surface area (Å²) in [6, 6.07) is 7.44. The van der Waals surface area contributed by atoms with Crippen LogP contribution in [0, 0.1) is 22.0 Å². The molecule has 110 valence electrons. The highest BCUT2D eigenvalue weighted by molar-refractivity contribution is 5.32. The highest BCUT2D eigenvalue weighted by Gasteiger charge is 2.26. The molecule has 1 aromatic carbocycles. The third-order valence-corrected chi connectivity index (χ3v) is 4.39. The summed E-state index contributed by atoms with van der Waals surface area (Å²) in [5.41, 5.74) is 1.27. The van der Waals surface area contributed by atoms with Crippen LogP contribution in [0.25, 0.3) is 0 Å². The lowest BCUT2D eigenvalue weighted by atomic mass is 9.78. The largest absolute Gasteiger partial charge is 0.310 e. The highest BCUT2D eigenvalue weighted by Crippen LogP contribution is 2.30. The Hall–Kier alpha value is -1.42. The number of non-ortho nitro benzene ring substituents is 1. The summed E-state index contributed by atoms with van der Waals surface area (Å²) in [4.78, 5) is 10.3. The van der Waals surface area contributed by atoms with E-state index in [9.17, 15) is 10.1 Å². The van der Waals surface area contributed by atoms with Gasteiger partial charge in [-0.15, -0.1) is 0 Å². The van der Waals surface area contributed by atoms with E-state index in [0.717, 1.165) is 18.0 Å². The molecule has 4 nitrogen and oxygen atoms in total. The fourth-order valence-electron chi connectivity index (χ4n) is 3.20. The first-order valence-corrected chi connectivity index (χ1v) is 7.54. The van der Waals surface area contributed by atoms with E-state index in [1.165, 1.54) is 25.7 Å². The van der Waals surface area contributed by atoms with Crippen molar-refractivity contribution >= 4 is 5.69 Å². The number of hydrogen-bond acceptors (Lipinski definition) is 3. The summed E-state index contributed by atoms with van der Waals surface area (Å²) in [5.74, 6) is 1.46. The zero-order valence-electron chi connectivity index (χ0n) is 12.3. The van der Waals surface area contributed by atoms with Crippen LogP contribution in [-0.2, 0) is 6.54 Å². The van der Waals surface area contributed by atoms with Crippen molar-refractivity contribution in [3.63, 3.8) is 0 Å². The molecule has 0 spiro atoms. The van der Waals surface area contributed by atoms with E-state index in [1.807, 2.05) is 12.1 Å². The van der Waals surface area contributed by atoms with Gasteiger partial charge in [-0.3, -0.25) is 10.1 Å². The second kappa shape index (κ2) is 6.84. The van der Waals surface area contributed by atoms with Gasteiger partial charge < -0.3 is 5.32 Å². The zero-order chi connectivity index (χ0) is 14.5. The molecule has 0 heterocycles. The molecule has 1 fully saturated rings. The average Bonchev–Trinajstić information content (AvgIpc) is 2.45. The van der Waals surface area contributed by atoms with Crippen LogP contribution in [0.4, 0.5) is 5.69 Å². The van der Waals surface area contributed by atoms with Gasteiger partial charge in [0.05, 0.1) is 4.92 Å². The molecule has 1 aromatic rings. The second-order valence-electron chi connectivity index (χ2n) is 6.10. The van der Waals surface area contributed by atoms with Gasteiger partial charge in [-0.2, -0.15) is 0 Å². The normalized spacial score (nSPS) is 22.9. The fraction of sp³-hybridized carbons (Fsp3) is 0.625. The van der Waals surface area contributed by atoms with Gasteiger partial charge in [0.1, 0.15) is 0 Å². The van der Waals surface area contributed by atoms with E-state index >= 15 is 0 Å². The molecule has 1 aliphatic carbocycles. The van der Waals surface area contributed by atoms with E-state index in [0.29, 0.717) is 12.0 Å². The van der Waals surface area contributed by atoms with Crippen LogP contribution >= 0.6 is 0 Å². The number of nitro groups is 1. The maximum absolute atomic E-state index is 10.6. The first-order chi connectivity index (χ1) is 9.58. The summed E-state index contributed by atoms with van der Waals surface area (Å²) >= 11 is 0. The van der Waals surface area contributed by atoms with Crippen LogP contribution in [-0.4, -0.2) is 11.0 Å². The van der Waals surface area contributed by atoms with Gasteiger partial charge >= 0.3 is 0 Å². The number of nitrogens with zero attached hydrogens (tertiary/aromatic N) is 1. The molecular formula is C16H24N2O2.